The SMILES string of the molecule is CCN(CC)[13c]1[13cH][13cH][13c](C(c2ccc(S(=O)(=O)[O-])cc2S(=O)(=O)[O-])=[13C]2[13CH]=[13CH][13C](=[N+](CC)CC)[13CH]=[13CH]2)[13cH][13cH]1.[Na+]. The molecule has 0 N–H and O–H groups in total. The topological polar surface area (TPSA) is 121 Å². The van der Waals surface area contributed by atoms with Gasteiger partial charge in [0.15, 0.2) is 5.71 Å². The molecule has 0 spiro atoms. The zero-order valence-corrected chi connectivity index (χ0v) is 26.0. The van der Waals surface area contributed by atoms with E-state index in [1.54, 1.807) is 0 Å². The second kappa shape index (κ2) is 13.3. The molecule has 0 aromatic heterocycles. The number of anilines is 1. The van der Waals surface area contributed by atoms with Gasteiger partial charge in [0, 0.05) is 36.5 Å². The van der Waals surface area contributed by atoms with Gasteiger partial charge in [-0.25, -0.2) is 21.4 Å². The van der Waals surface area contributed by atoms with Crippen molar-refractivity contribution in [3.8, 4) is 0 Å². The van der Waals surface area contributed by atoms with Crippen molar-refractivity contribution in [3.05, 3.63) is 83.5 Å². The van der Waals surface area contributed by atoms with E-state index in [2.05, 4.69) is 9.48 Å². The molecule has 1 aliphatic rings. The summed E-state index contributed by atoms with van der Waals surface area (Å²) in [4.78, 5) is 0.614. The minimum atomic E-state index is -5.13. The van der Waals surface area contributed by atoms with Gasteiger partial charge in [-0.05, 0) is 80.8 Å². The predicted molar refractivity (Wildman–Crippen MR) is 143 cm³/mol. The summed E-state index contributed by atoms with van der Waals surface area (Å²) in [5.41, 5.74) is 3.68. The summed E-state index contributed by atoms with van der Waals surface area (Å²) in [6.07, 6.45) is 7.49. The molecule has 0 fully saturated rings. The Hall–Kier alpha value is -2.05. The summed E-state index contributed by atoms with van der Waals surface area (Å²) in [6, 6.07) is 10.4. The van der Waals surface area contributed by atoms with Crippen LogP contribution in [-0.2, 0) is 20.2 Å². The van der Waals surface area contributed by atoms with E-state index in [-0.39, 0.29) is 35.1 Å². The molecule has 3 rings (SSSR count). The van der Waals surface area contributed by atoms with Crippen LogP contribution in [0.15, 0.2) is 82.1 Å². The number of hydrogen-bond donors (Lipinski definition) is 0. The van der Waals surface area contributed by atoms with Gasteiger partial charge in [-0.1, -0.05) is 18.2 Å². The minimum absolute atomic E-state index is 0. The average Bonchev–Trinajstić information content (AvgIpc) is 2.86. The molecular formula is C27H31N2NaO6S2. The van der Waals surface area contributed by atoms with Crippen LogP contribution in [0.4, 0.5) is 5.69 Å². The number of hydrogen-bond acceptors (Lipinski definition) is 7. The fourth-order valence-corrected chi connectivity index (χ4v) is 5.69. The third-order valence-corrected chi connectivity index (χ3v) is 8.06. The molecule has 8 nitrogen and oxygen atoms in total. The van der Waals surface area contributed by atoms with Crippen molar-refractivity contribution in [2.24, 2.45) is 0 Å². The maximum absolute atomic E-state index is 12.3. The molecule has 0 bridgehead atoms. The Morgan fingerprint density at radius 3 is 1.79 bits per heavy atom. The van der Waals surface area contributed by atoms with E-state index in [4.69, 9.17) is 0 Å². The van der Waals surface area contributed by atoms with Crippen LogP contribution < -0.4 is 34.5 Å². The van der Waals surface area contributed by atoms with Crippen LogP contribution in [-0.4, -0.2) is 62.4 Å². The van der Waals surface area contributed by atoms with Gasteiger partial charge in [-0.3, -0.25) is 0 Å². The smallest absolute Gasteiger partial charge is 0.744 e. The van der Waals surface area contributed by atoms with Crippen LogP contribution in [0.1, 0.15) is 38.8 Å². The molecule has 2 aromatic carbocycles. The molecule has 198 valence electrons. The van der Waals surface area contributed by atoms with E-state index in [9.17, 15) is 25.9 Å². The van der Waals surface area contributed by atoms with Gasteiger partial charge in [0.25, 0.3) is 0 Å². The summed E-state index contributed by atoms with van der Waals surface area (Å²) in [5.74, 6) is 0. The first-order valence-corrected chi connectivity index (χ1v) is 14.9. The first-order chi connectivity index (χ1) is 17.4. The molecule has 0 atom stereocenters. The van der Waals surface area contributed by atoms with Gasteiger partial charge in [-0.15, -0.1) is 0 Å². The molecule has 0 aliphatic heterocycles. The maximum atomic E-state index is 12.3. The summed E-state index contributed by atoms with van der Waals surface area (Å²) >= 11 is 0. The molecule has 1 aliphatic carbocycles. The van der Waals surface area contributed by atoms with Gasteiger partial charge in [-0.2, -0.15) is 0 Å². The minimum Gasteiger partial charge on any atom is -0.744 e. The summed E-state index contributed by atoms with van der Waals surface area (Å²) in [7, 11) is -10.1. The third kappa shape index (κ3) is 7.32. The molecule has 0 heterocycles. The quantitative estimate of drug-likeness (QED) is 0.187. The van der Waals surface area contributed by atoms with Gasteiger partial charge < -0.3 is 14.0 Å². The average molecular weight is 579 g/mol. The molecule has 0 saturated heterocycles. The van der Waals surface area contributed by atoms with Crippen molar-refractivity contribution in [1.82, 2.24) is 0 Å². The van der Waals surface area contributed by atoms with E-state index < -0.39 is 30.0 Å². The van der Waals surface area contributed by atoms with Crippen LogP contribution in [0.25, 0.3) is 5.57 Å². The molecule has 0 amide bonds. The van der Waals surface area contributed by atoms with Crippen LogP contribution >= 0.6 is 0 Å². The largest absolute Gasteiger partial charge is 1.00 e. The van der Waals surface area contributed by atoms with Crippen molar-refractivity contribution >= 4 is 37.2 Å². The van der Waals surface area contributed by atoms with Crippen LogP contribution in [0.3, 0.4) is 0 Å². The van der Waals surface area contributed by atoms with Crippen molar-refractivity contribution in [3.63, 3.8) is 0 Å². The normalized spacial score (nSPS) is 13.3. The Labute approximate surface area is 247 Å². The van der Waals surface area contributed by atoms with E-state index in [0.717, 1.165) is 43.6 Å². The Bertz CT molecular complexity index is 1480. The third-order valence-electron chi connectivity index (χ3n) is 6.35. The van der Waals surface area contributed by atoms with Crippen molar-refractivity contribution in [2.45, 2.75) is 37.5 Å². The van der Waals surface area contributed by atoms with Gasteiger partial charge in [0.1, 0.15) is 33.3 Å². The molecule has 0 saturated carbocycles. The Kier molecular flexibility index (Phi) is 11.3. The second-order valence-corrected chi connectivity index (χ2v) is 11.1. The van der Waals surface area contributed by atoms with Crippen LogP contribution in [0.2, 0.25) is 0 Å². The Morgan fingerprint density at radius 2 is 1.34 bits per heavy atom. The van der Waals surface area contributed by atoms with Gasteiger partial charge >= 0.3 is 29.6 Å². The second-order valence-electron chi connectivity index (χ2n) is 8.38. The van der Waals surface area contributed by atoms with E-state index in [1.165, 1.54) is 6.07 Å². The summed E-state index contributed by atoms with van der Waals surface area (Å²) < 4.78 is 73.7. The van der Waals surface area contributed by atoms with Crippen molar-refractivity contribution < 1.29 is 60.1 Å². The van der Waals surface area contributed by atoms with Crippen molar-refractivity contribution in [1.29, 1.82) is 0 Å². The Balaban J connectivity index is 0.00000507. The zero-order chi connectivity index (χ0) is 27.4. The molecule has 38 heavy (non-hydrogen) atoms. The van der Waals surface area contributed by atoms with Crippen LogP contribution in [0, 0.1) is 0 Å². The number of rotatable bonds is 9. The summed E-state index contributed by atoms with van der Waals surface area (Å²) in [5, 5.41) is 0. The Morgan fingerprint density at radius 1 is 0.789 bits per heavy atom. The molecule has 0 radical (unpaired) electrons. The molecule has 11 heteroatoms. The molecule has 0 unspecified atom stereocenters. The fourth-order valence-electron chi connectivity index (χ4n) is 4.40. The van der Waals surface area contributed by atoms with Crippen molar-refractivity contribution in [2.75, 3.05) is 31.1 Å². The number of allylic oxidation sites excluding steroid dienone is 5. The molecule has 2 aromatic rings. The first kappa shape index (κ1) is 32.2. The predicted octanol–water partition coefficient (Wildman–Crippen LogP) is 0.766. The van der Waals surface area contributed by atoms with Gasteiger partial charge in [0.2, 0.25) is 0 Å². The fraction of sp³-hybridized carbons (Fsp3) is 0.296. The van der Waals surface area contributed by atoms with Crippen LogP contribution in [0.5, 0.6) is 0 Å². The number of benzene rings is 2. The van der Waals surface area contributed by atoms with E-state index >= 15 is 0 Å². The molecular weight excluding hydrogens is 547 g/mol. The standard InChI is InChI=1S/C27H32N2O6S2.Na/c1-5-28(6-2)22-13-9-20(10-14-22)27(21-11-15-23(16-12-21)29(7-3)8-4)25-18-17-24(36(30,31)32)19-26(25)37(33,34)35;/h9-19H,5-8H2,1-4H3,(H-,30,31,32,33,34,35);/q;+1/p-1/i9+1,10+1,11+1,12+1,13+1,14+1,15+1,16+1,20+1,21+1,22+1,23+1;. The van der Waals surface area contributed by atoms with E-state index in [1.807, 2.05) is 76.3 Å². The summed E-state index contributed by atoms with van der Waals surface area (Å²) in [6.45, 7) is 11.4. The maximum Gasteiger partial charge on any atom is 1.00 e. The first-order valence-electron chi connectivity index (χ1n) is 12.1. The number of nitrogens with zero attached hydrogens (tertiary/aromatic N) is 2. The van der Waals surface area contributed by atoms with E-state index in [0.29, 0.717) is 22.8 Å². The monoisotopic (exact) mass is 578 g/mol. The van der Waals surface area contributed by atoms with Gasteiger partial charge in [0.05, 0.1) is 9.79 Å². The zero-order valence-electron chi connectivity index (χ0n) is 22.3.